The molecule has 2 aromatic carbocycles. The highest BCUT2D eigenvalue weighted by Crippen LogP contribution is 2.40. The summed E-state index contributed by atoms with van der Waals surface area (Å²) in [5.74, 6) is 1.77. The van der Waals surface area contributed by atoms with Crippen LogP contribution >= 0.6 is 0 Å². The second-order valence-corrected chi connectivity index (χ2v) is 9.38. The Balaban J connectivity index is 1.70. The molecule has 0 heterocycles. The van der Waals surface area contributed by atoms with Crippen LogP contribution in [0.3, 0.4) is 0 Å². The van der Waals surface area contributed by atoms with Crippen molar-refractivity contribution >= 4 is 0 Å². The Morgan fingerprint density at radius 2 is 1.62 bits per heavy atom. The van der Waals surface area contributed by atoms with Gasteiger partial charge in [-0.05, 0) is 90.7 Å². The summed E-state index contributed by atoms with van der Waals surface area (Å²) in [6.45, 7) is 9.20. The van der Waals surface area contributed by atoms with E-state index in [2.05, 4.69) is 64.1 Å². The topological polar surface area (TPSA) is 0 Å². The zero-order valence-electron chi connectivity index (χ0n) is 19.4. The van der Waals surface area contributed by atoms with Crippen LogP contribution in [0.5, 0.6) is 0 Å². The van der Waals surface area contributed by atoms with Gasteiger partial charge >= 0.3 is 0 Å². The summed E-state index contributed by atoms with van der Waals surface area (Å²) < 4.78 is 0. The molecule has 1 aliphatic rings. The van der Waals surface area contributed by atoms with Crippen molar-refractivity contribution in [3.8, 4) is 11.1 Å². The van der Waals surface area contributed by atoms with E-state index in [-0.39, 0.29) is 0 Å². The molecular weight excluding hydrogens is 348 g/mol. The molecule has 2 aromatic rings. The number of hydrogen-bond donors (Lipinski definition) is 0. The Morgan fingerprint density at radius 3 is 2.28 bits per heavy atom. The molecule has 1 aliphatic carbocycles. The third-order valence-electron chi connectivity index (χ3n) is 7.17. The van der Waals surface area contributed by atoms with Crippen LogP contribution in [-0.2, 0) is 12.8 Å². The molecule has 29 heavy (non-hydrogen) atoms. The lowest BCUT2D eigenvalue weighted by atomic mass is 9.75. The molecule has 0 aliphatic heterocycles. The minimum Gasteiger partial charge on any atom is -0.0654 e. The molecule has 0 atom stereocenters. The van der Waals surface area contributed by atoms with Crippen molar-refractivity contribution in [3.05, 3.63) is 58.7 Å². The lowest BCUT2D eigenvalue weighted by Crippen LogP contribution is -2.14. The molecule has 0 bridgehead atoms. The summed E-state index contributed by atoms with van der Waals surface area (Å²) >= 11 is 0. The first-order valence-electron chi connectivity index (χ1n) is 12.4. The lowest BCUT2D eigenvalue weighted by molar-refractivity contribution is 0.302. The third-order valence-corrected chi connectivity index (χ3v) is 7.17. The van der Waals surface area contributed by atoms with Crippen molar-refractivity contribution in [3.63, 3.8) is 0 Å². The first-order valence-corrected chi connectivity index (χ1v) is 12.4. The van der Waals surface area contributed by atoms with Gasteiger partial charge in [0, 0.05) is 0 Å². The Morgan fingerprint density at radius 1 is 0.828 bits per heavy atom. The van der Waals surface area contributed by atoms with Crippen LogP contribution in [0.4, 0.5) is 0 Å². The van der Waals surface area contributed by atoms with Gasteiger partial charge in [-0.25, -0.2) is 0 Å². The fourth-order valence-electron chi connectivity index (χ4n) is 5.41. The van der Waals surface area contributed by atoms with Gasteiger partial charge in [-0.2, -0.15) is 0 Å². The highest BCUT2D eigenvalue weighted by Gasteiger charge is 2.23. The molecule has 0 nitrogen and oxygen atoms in total. The van der Waals surface area contributed by atoms with E-state index < -0.39 is 0 Å². The molecule has 1 fully saturated rings. The average molecular weight is 391 g/mol. The zero-order valence-corrected chi connectivity index (χ0v) is 19.4. The number of benzene rings is 2. The van der Waals surface area contributed by atoms with Crippen molar-refractivity contribution in [1.29, 1.82) is 0 Å². The summed E-state index contributed by atoms with van der Waals surface area (Å²) in [7, 11) is 0. The second-order valence-electron chi connectivity index (χ2n) is 9.38. The first kappa shape index (κ1) is 22.1. The van der Waals surface area contributed by atoms with Crippen molar-refractivity contribution < 1.29 is 0 Å². The normalized spacial score (nSPS) is 19.4. The number of rotatable bonds is 9. The largest absolute Gasteiger partial charge is 0.0654 e. The van der Waals surface area contributed by atoms with Gasteiger partial charge in [0.2, 0.25) is 0 Å². The minimum atomic E-state index is 0.782. The molecular formula is C29H42. The maximum Gasteiger partial charge on any atom is -0.0152 e. The SMILES string of the molecule is CCCCCC1CCC(c2ccc(-c3ccc(CCC)cc3CC)cc2C)CC1. The van der Waals surface area contributed by atoms with Crippen molar-refractivity contribution in [2.45, 2.75) is 104 Å². The van der Waals surface area contributed by atoms with Gasteiger partial charge in [0.05, 0.1) is 0 Å². The summed E-state index contributed by atoms with van der Waals surface area (Å²) in [6, 6.07) is 14.4. The van der Waals surface area contributed by atoms with Gasteiger partial charge in [-0.1, -0.05) is 89.3 Å². The second kappa shape index (κ2) is 11.0. The molecule has 0 spiro atoms. The average Bonchev–Trinajstić information content (AvgIpc) is 2.74. The molecule has 0 saturated heterocycles. The summed E-state index contributed by atoms with van der Waals surface area (Å²) in [5, 5.41) is 0. The van der Waals surface area contributed by atoms with E-state index in [1.807, 2.05) is 0 Å². The van der Waals surface area contributed by atoms with Gasteiger partial charge < -0.3 is 0 Å². The third kappa shape index (κ3) is 5.74. The van der Waals surface area contributed by atoms with E-state index in [4.69, 9.17) is 0 Å². The first-order chi connectivity index (χ1) is 14.2. The van der Waals surface area contributed by atoms with Crippen LogP contribution in [0.15, 0.2) is 36.4 Å². The number of unbranched alkanes of at least 4 members (excludes halogenated alkanes) is 2. The van der Waals surface area contributed by atoms with Crippen LogP contribution < -0.4 is 0 Å². The van der Waals surface area contributed by atoms with E-state index in [9.17, 15) is 0 Å². The highest BCUT2D eigenvalue weighted by molar-refractivity contribution is 5.69. The maximum absolute atomic E-state index is 2.46. The predicted octanol–water partition coefficient (Wildman–Crippen LogP) is 9.03. The number of aryl methyl sites for hydroxylation is 3. The Hall–Kier alpha value is -1.56. The van der Waals surface area contributed by atoms with Gasteiger partial charge in [0.1, 0.15) is 0 Å². The minimum absolute atomic E-state index is 0.782. The quantitative estimate of drug-likeness (QED) is 0.375. The van der Waals surface area contributed by atoms with Crippen LogP contribution in [-0.4, -0.2) is 0 Å². The van der Waals surface area contributed by atoms with Crippen molar-refractivity contribution in [2.75, 3.05) is 0 Å². The standard InChI is InChI=1S/C29H42/c1-5-8-9-11-23-12-15-26(16-13-23)28-19-17-27(20-22(28)4)29-18-14-24(10-6-2)21-25(29)7-3/h14,17-21,23,26H,5-13,15-16H2,1-4H3. The van der Waals surface area contributed by atoms with Crippen LogP contribution in [0, 0.1) is 12.8 Å². The highest BCUT2D eigenvalue weighted by atomic mass is 14.3. The predicted molar refractivity (Wildman–Crippen MR) is 129 cm³/mol. The molecule has 1 saturated carbocycles. The lowest BCUT2D eigenvalue weighted by Gasteiger charge is -2.30. The van der Waals surface area contributed by atoms with Crippen molar-refractivity contribution in [1.82, 2.24) is 0 Å². The molecule has 0 radical (unpaired) electrons. The fraction of sp³-hybridized carbons (Fsp3) is 0.586. The number of hydrogen-bond acceptors (Lipinski definition) is 0. The molecule has 0 unspecified atom stereocenters. The van der Waals surface area contributed by atoms with Crippen LogP contribution in [0.1, 0.15) is 107 Å². The monoisotopic (exact) mass is 390 g/mol. The van der Waals surface area contributed by atoms with E-state index >= 15 is 0 Å². The van der Waals surface area contributed by atoms with Crippen LogP contribution in [0.2, 0.25) is 0 Å². The summed E-state index contributed by atoms with van der Waals surface area (Å²) in [4.78, 5) is 0. The smallest absolute Gasteiger partial charge is 0.0152 e. The van der Waals surface area contributed by atoms with Gasteiger partial charge in [0.25, 0.3) is 0 Å². The van der Waals surface area contributed by atoms with Crippen LogP contribution in [0.25, 0.3) is 11.1 Å². The van der Waals surface area contributed by atoms with E-state index in [0.29, 0.717) is 0 Å². The van der Waals surface area contributed by atoms with Gasteiger partial charge in [0.15, 0.2) is 0 Å². The Bertz CT molecular complexity index is 762. The van der Waals surface area contributed by atoms with Crippen molar-refractivity contribution in [2.24, 2.45) is 5.92 Å². The molecule has 0 amide bonds. The Kier molecular flexibility index (Phi) is 8.40. The Labute approximate surface area is 180 Å². The molecule has 3 rings (SSSR count). The van der Waals surface area contributed by atoms with Gasteiger partial charge in [-0.15, -0.1) is 0 Å². The molecule has 0 heteroatoms. The zero-order chi connectivity index (χ0) is 20.6. The van der Waals surface area contributed by atoms with E-state index in [1.54, 1.807) is 5.56 Å². The summed E-state index contributed by atoms with van der Waals surface area (Å²) in [6.07, 6.45) is 14.8. The molecule has 0 N–H and O–H groups in total. The summed E-state index contributed by atoms with van der Waals surface area (Å²) in [5.41, 5.74) is 8.92. The van der Waals surface area contributed by atoms with E-state index in [0.717, 1.165) is 18.3 Å². The fourth-order valence-corrected chi connectivity index (χ4v) is 5.41. The maximum atomic E-state index is 2.46. The van der Waals surface area contributed by atoms with Gasteiger partial charge in [-0.3, -0.25) is 0 Å². The molecule has 0 aromatic heterocycles. The van der Waals surface area contributed by atoms with E-state index in [1.165, 1.54) is 92.0 Å². The molecule has 158 valence electrons.